The van der Waals surface area contributed by atoms with Crippen LogP contribution in [0.5, 0.6) is 0 Å². The Morgan fingerprint density at radius 3 is 2.25 bits per heavy atom. The second kappa shape index (κ2) is 9.61. The van der Waals surface area contributed by atoms with Gasteiger partial charge in [-0.15, -0.1) is 0 Å². The molecule has 0 aromatic carbocycles. The highest BCUT2D eigenvalue weighted by atomic mass is 16.4. The SMILES string of the molecule is CC.O=CC(=O)NCCC(=O)O. The highest BCUT2D eigenvalue weighted by Gasteiger charge is 1.98. The molecule has 12 heavy (non-hydrogen) atoms. The lowest BCUT2D eigenvalue weighted by atomic mass is 10.4. The maximum absolute atomic E-state index is 10.1. The summed E-state index contributed by atoms with van der Waals surface area (Å²) in [5.41, 5.74) is 0. The summed E-state index contributed by atoms with van der Waals surface area (Å²) in [5.74, 6) is -1.80. The van der Waals surface area contributed by atoms with Crippen LogP contribution in [0.25, 0.3) is 0 Å². The Kier molecular flexibility index (Phi) is 10.6. The van der Waals surface area contributed by atoms with Gasteiger partial charge < -0.3 is 10.4 Å². The largest absolute Gasteiger partial charge is 0.481 e. The number of hydrogen-bond acceptors (Lipinski definition) is 3. The molecule has 0 atom stereocenters. The van der Waals surface area contributed by atoms with Gasteiger partial charge in [-0.2, -0.15) is 0 Å². The van der Waals surface area contributed by atoms with Crippen LogP contribution in [0.3, 0.4) is 0 Å². The molecular formula is C7H13NO4. The topological polar surface area (TPSA) is 83.5 Å². The first-order chi connectivity index (χ1) is 5.66. The second-order valence-electron chi connectivity index (χ2n) is 1.55. The fraction of sp³-hybridized carbons (Fsp3) is 0.571. The molecule has 0 bridgehead atoms. The number of aliphatic carboxylic acids is 1. The van der Waals surface area contributed by atoms with Crippen molar-refractivity contribution in [2.24, 2.45) is 0 Å². The molecule has 2 N–H and O–H groups in total. The predicted molar refractivity (Wildman–Crippen MR) is 42.7 cm³/mol. The van der Waals surface area contributed by atoms with E-state index in [1.807, 2.05) is 13.8 Å². The summed E-state index contributed by atoms with van der Waals surface area (Å²) in [6.45, 7) is 3.99. The molecule has 0 aliphatic heterocycles. The average Bonchev–Trinajstić information content (AvgIpc) is 2.07. The van der Waals surface area contributed by atoms with Gasteiger partial charge in [0, 0.05) is 6.54 Å². The summed E-state index contributed by atoms with van der Waals surface area (Å²) >= 11 is 0. The fourth-order valence-corrected chi connectivity index (χ4v) is 0.334. The van der Waals surface area contributed by atoms with Gasteiger partial charge in [0.2, 0.25) is 6.29 Å². The maximum atomic E-state index is 10.1. The first kappa shape index (κ1) is 13.2. The molecule has 70 valence electrons. The predicted octanol–water partition coefficient (Wildman–Crippen LogP) is -0.198. The molecule has 0 fully saturated rings. The lowest BCUT2D eigenvalue weighted by molar-refractivity contribution is -0.137. The zero-order chi connectivity index (χ0) is 9.98. The van der Waals surface area contributed by atoms with Crippen molar-refractivity contribution in [1.82, 2.24) is 5.32 Å². The van der Waals surface area contributed by atoms with Crippen molar-refractivity contribution in [1.29, 1.82) is 0 Å². The summed E-state index contributed by atoms with van der Waals surface area (Å²) in [6, 6.07) is 0. The van der Waals surface area contributed by atoms with E-state index in [0.717, 1.165) is 0 Å². The van der Waals surface area contributed by atoms with Crippen molar-refractivity contribution in [3.63, 3.8) is 0 Å². The van der Waals surface area contributed by atoms with E-state index in [0.29, 0.717) is 0 Å². The third kappa shape index (κ3) is 11.4. The van der Waals surface area contributed by atoms with E-state index in [1.54, 1.807) is 0 Å². The molecule has 0 aliphatic carbocycles. The van der Waals surface area contributed by atoms with Gasteiger partial charge in [-0.05, 0) is 0 Å². The standard InChI is InChI=1S/C5H7NO4.C2H6/c7-3-4(8)6-2-1-5(9)10;1-2/h3H,1-2H2,(H,6,8)(H,9,10);1-2H3. The molecule has 1 amide bonds. The average molecular weight is 175 g/mol. The van der Waals surface area contributed by atoms with Gasteiger partial charge in [0.15, 0.2) is 0 Å². The Balaban J connectivity index is 0. The molecule has 0 aromatic heterocycles. The molecule has 0 saturated carbocycles. The number of carboxylic acid groups (broad SMARTS) is 1. The van der Waals surface area contributed by atoms with E-state index in [-0.39, 0.29) is 19.3 Å². The summed E-state index contributed by atoms with van der Waals surface area (Å²) in [4.78, 5) is 29.6. The summed E-state index contributed by atoms with van der Waals surface area (Å²) < 4.78 is 0. The maximum Gasteiger partial charge on any atom is 0.305 e. The molecular weight excluding hydrogens is 162 g/mol. The van der Waals surface area contributed by atoms with Crippen LogP contribution in [-0.2, 0) is 14.4 Å². The molecule has 0 aromatic rings. The number of rotatable bonds is 4. The molecule has 5 heteroatoms. The van der Waals surface area contributed by atoms with E-state index >= 15 is 0 Å². The number of aldehydes is 1. The molecule has 5 nitrogen and oxygen atoms in total. The Bertz CT molecular complexity index is 155. The number of amides is 1. The van der Waals surface area contributed by atoms with Crippen LogP contribution < -0.4 is 5.32 Å². The zero-order valence-corrected chi connectivity index (χ0v) is 7.16. The van der Waals surface area contributed by atoms with E-state index < -0.39 is 11.9 Å². The van der Waals surface area contributed by atoms with Crippen LogP contribution in [0, 0.1) is 0 Å². The van der Waals surface area contributed by atoms with E-state index in [2.05, 4.69) is 5.32 Å². The Morgan fingerprint density at radius 2 is 1.92 bits per heavy atom. The van der Waals surface area contributed by atoms with Gasteiger partial charge >= 0.3 is 5.97 Å². The third-order valence-corrected chi connectivity index (χ3v) is 0.745. The lowest BCUT2D eigenvalue weighted by Crippen LogP contribution is -2.26. The summed E-state index contributed by atoms with van der Waals surface area (Å²) in [6.07, 6.45) is -0.0680. The van der Waals surface area contributed by atoms with Gasteiger partial charge in [0.1, 0.15) is 0 Å². The van der Waals surface area contributed by atoms with Crippen molar-refractivity contribution < 1.29 is 19.5 Å². The number of carboxylic acids is 1. The van der Waals surface area contributed by atoms with Crippen LogP contribution in [0.4, 0.5) is 0 Å². The first-order valence-electron chi connectivity index (χ1n) is 3.61. The Labute approximate surface area is 70.8 Å². The molecule has 0 aliphatic rings. The minimum Gasteiger partial charge on any atom is -0.481 e. The molecule has 0 unspecified atom stereocenters. The monoisotopic (exact) mass is 175 g/mol. The minimum absolute atomic E-state index is 0.00704. The van der Waals surface area contributed by atoms with Crippen molar-refractivity contribution in [3.8, 4) is 0 Å². The highest BCUT2D eigenvalue weighted by molar-refractivity contribution is 6.23. The van der Waals surface area contributed by atoms with Crippen LogP contribution in [0.1, 0.15) is 20.3 Å². The van der Waals surface area contributed by atoms with Crippen LogP contribution >= 0.6 is 0 Å². The number of nitrogens with one attached hydrogen (secondary N) is 1. The second-order valence-corrected chi connectivity index (χ2v) is 1.55. The number of carbonyl (C=O) groups is 3. The van der Waals surface area contributed by atoms with Gasteiger partial charge in [-0.25, -0.2) is 0 Å². The van der Waals surface area contributed by atoms with Crippen molar-refractivity contribution in [3.05, 3.63) is 0 Å². The minimum atomic E-state index is -1.01. The quantitative estimate of drug-likeness (QED) is 0.458. The van der Waals surface area contributed by atoms with Crippen molar-refractivity contribution in [2.75, 3.05) is 6.54 Å². The first-order valence-corrected chi connectivity index (χ1v) is 3.61. The normalized spacial score (nSPS) is 7.50. The Morgan fingerprint density at radius 1 is 1.42 bits per heavy atom. The highest BCUT2D eigenvalue weighted by Crippen LogP contribution is 1.73. The van der Waals surface area contributed by atoms with Crippen LogP contribution in [0.15, 0.2) is 0 Å². The smallest absolute Gasteiger partial charge is 0.305 e. The van der Waals surface area contributed by atoms with Gasteiger partial charge in [-0.1, -0.05) is 13.8 Å². The van der Waals surface area contributed by atoms with Crippen LogP contribution in [0.2, 0.25) is 0 Å². The van der Waals surface area contributed by atoms with Crippen molar-refractivity contribution >= 4 is 18.2 Å². The van der Waals surface area contributed by atoms with Crippen LogP contribution in [-0.4, -0.2) is 29.8 Å². The summed E-state index contributed by atoms with van der Waals surface area (Å²) in [5, 5.41) is 10.1. The van der Waals surface area contributed by atoms with Gasteiger partial charge in [0.25, 0.3) is 5.91 Å². The van der Waals surface area contributed by atoms with Crippen molar-refractivity contribution in [2.45, 2.75) is 20.3 Å². The summed E-state index contributed by atoms with van der Waals surface area (Å²) in [7, 11) is 0. The fourth-order valence-electron chi connectivity index (χ4n) is 0.334. The molecule has 0 rings (SSSR count). The van der Waals surface area contributed by atoms with E-state index in [1.165, 1.54) is 0 Å². The van der Waals surface area contributed by atoms with E-state index in [9.17, 15) is 14.4 Å². The lowest BCUT2D eigenvalue weighted by Gasteiger charge is -1.94. The van der Waals surface area contributed by atoms with E-state index in [4.69, 9.17) is 5.11 Å². The molecule has 0 heterocycles. The molecule has 0 spiro atoms. The third-order valence-electron chi connectivity index (χ3n) is 0.745. The Hall–Kier alpha value is -1.39. The molecule has 0 saturated heterocycles. The number of carbonyl (C=O) groups excluding carboxylic acids is 2. The number of hydrogen-bond donors (Lipinski definition) is 2. The molecule has 0 radical (unpaired) electrons. The zero-order valence-electron chi connectivity index (χ0n) is 7.16. The van der Waals surface area contributed by atoms with Gasteiger partial charge in [-0.3, -0.25) is 14.4 Å². The van der Waals surface area contributed by atoms with Gasteiger partial charge in [0.05, 0.1) is 6.42 Å².